The zero-order valence-corrected chi connectivity index (χ0v) is 12.0. The van der Waals surface area contributed by atoms with Crippen LogP contribution in [0.3, 0.4) is 0 Å². The van der Waals surface area contributed by atoms with Crippen molar-refractivity contribution in [3.05, 3.63) is 23.9 Å². The molecule has 114 valence electrons. The summed E-state index contributed by atoms with van der Waals surface area (Å²) in [5, 5.41) is 23.9. The van der Waals surface area contributed by atoms with E-state index in [1.54, 1.807) is 32.2 Å². The van der Waals surface area contributed by atoms with Gasteiger partial charge in [0.25, 0.3) is 0 Å². The number of nitrogens with one attached hydrogen (secondary N) is 1. The van der Waals surface area contributed by atoms with E-state index in [1.807, 2.05) is 0 Å². The van der Waals surface area contributed by atoms with Gasteiger partial charge in [-0.25, -0.2) is 4.98 Å². The van der Waals surface area contributed by atoms with Gasteiger partial charge in [-0.15, -0.1) is 5.11 Å². The largest absolute Gasteiger partial charge is 0.481 e. The Morgan fingerprint density at radius 1 is 1.48 bits per heavy atom. The number of amidine groups is 1. The summed E-state index contributed by atoms with van der Waals surface area (Å²) in [7, 11) is 0. The van der Waals surface area contributed by atoms with Crippen LogP contribution >= 0.6 is 0 Å². The summed E-state index contributed by atoms with van der Waals surface area (Å²) in [6, 6.07) is 3.38. The molecule has 21 heavy (non-hydrogen) atoms. The molecule has 8 nitrogen and oxygen atoms in total. The number of aromatic nitrogens is 1. The highest BCUT2D eigenvalue weighted by atomic mass is 16.4. The first kappa shape index (κ1) is 16.5. The van der Waals surface area contributed by atoms with Crippen molar-refractivity contribution in [1.82, 2.24) is 4.98 Å². The second-order valence-corrected chi connectivity index (χ2v) is 5.11. The Kier molecular flexibility index (Phi) is 5.77. The van der Waals surface area contributed by atoms with Gasteiger partial charge in [-0.1, -0.05) is 25.1 Å². The summed E-state index contributed by atoms with van der Waals surface area (Å²) in [4.78, 5) is 15.5. The predicted octanol–water partition coefficient (Wildman–Crippen LogP) is 1.48. The molecule has 0 aliphatic heterocycles. The fraction of sp³-hybridized carbons (Fsp3) is 0.462. The molecule has 0 amide bonds. The highest BCUT2D eigenvalue weighted by Crippen LogP contribution is 2.26. The second-order valence-electron chi connectivity index (χ2n) is 5.11. The minimum atomic E-state index is -0.977. The van der Waals surface area contributed by atoms with E-state index in [0.717, 1.165) is 5.56 Å². The van der Waals surface area contributed by atoms with Gasteiger partial charge in [0.15, 0.2) is 0 Å². The fourth-order valence-electron chi connectivity index (χ4n) is 2.26. The summed E-state index contributed by atoms with van der Waals surface area (Å²) < 4.78 is 0. The second kappa shape index (κ2) is 7.32. The lowest BCUT2D eigenvalue weighted by Crippen LogP contribution is -2.34. The molecule has 0 aromatic carbocycles. The number of nitrogen functional groups attached to an aromatic ring is 1. The average molecular weight is 292 g/mol. The maximum atomic E-state index is 11.5. The van der Waals surface area contributed by atoms with Gasteiger partial charge in [0, 0.05) is 12.1 Å². The molecule has 6 N–H and O–H groups in total. The molecule has 0 aliphatic rings. The Morgan fingerprint density at radius 2 is 2.14 bits per heavy atom. The highest BCUT2D eigenvalue weighted by molar-refractivity contribution is 5.87. The van der Waals surface area contributed by atoms with E-state index in [-0.39, 0.29) is 11.8 Å². The number of aliphatic carboxylic acids is 1. The number of pyridine rings is 1. The van der Waals surface area contributed by atoms with Crippen molar-refractivity contribution in [3.63, 3.8) is 0 Å². The zero-order valence-electron chi connectivity index (χ0n) is 12.0. The lowest BCUT2D eigenvalue weighted by Gasteiger charge is -2.25. The van der Waals surface area contributed by atoms with Gasteiger partial charge in [-0.05, 0) is 24.0 Å². The summed E-state index contributed by atoms with van der Waals surface area (Å²) >= 11 is 0. The minimum Gasteiger partial charge on any atom is -0.481 e. The van der Waals surface area contributed by atoms with E-state index in [9.17, 15) is 9.90 Å². The van der Waals surface area contributed by atoms with Crippen LogP contribution in [-0.4, -0.2) is 21.9 Å². The number of carboxylic acids is 1. The molecule has 0 bridgehead atoms. The molecule has 0 fully saturated rings. The van der Waals surface area contributed by atoms with Crippen molar-refractivity contribution < 1.29 is 9.90 Å². The summed E-state index contributed by atoms with van der Waals surface area (Å²) in [5.74, 6) is 2.65. The molecule has 0 saturated carbocycles. The van der Waals surface area contributed by atoms with Crippen LogP contribution in [0.15, 0.2) is 28.7 Å². The summed E-state index contributed by atoms with van der Waals surface area (Å²) in [6.45, 7) is 3.58. The molecule has 2 atom stereocenters. The molecular formula is C13H20N6O2. The maximum Gasteiger partial charge on any atom is 0.307 e. The normalized spacial score (nSPS) is 14.2. The molecule has 1 aromatic heterocycles. The molecule has 0 aliphatic carbocycles. The summed E-state index contributed by atoms with van der Waals surface area (Å²) in [5.41, 5.74) is 6.30. The number of carboxylic acid groups (broad SMARTS) is 1. The van der Waals surface area contributed by atoms with Crippen LogP contribution in [0.1, 0.15) is 19.4 Å². The van der Waals surface area contributed by atoms with Gasteiger partial charge in [0.05, 0.1) is 5.92 Å². The maximum absolute atomic E-state index is 11.5. The Bertz CT molecular complexity index is 526. The van der Waals surface area contributed by atoms with E-state index in [0.29, 0.717) is 12.2 Å². The van der Waals surface area contributed by atoms with E-state index < -0.39 is 17.8 Å². The predicted molar refractivity (Wildman–Crippen MR) is 78.6 cm³/mol. The van der Waals surface area contributed by atoms with Crippen LogP contribution in [0, 0.1) is 23.2 Å². The van der Waals surface area contributed by atoms with Gasteiger partial charge in [-0.3, -0.25) is 10.2 Å². The Labute approximate surface area is 122 Å². The minimum absolute atomic E-state index is 0.157. The molecule has 1 aromatic rings. The number of rotatable bonds is 6. The van der Waals surface area contributed by atoms with Gasteiger partial charge < -0.3 is 16.7 Å². The lowest BCUT2D eigenvalue weighted by molar-refractivity contribution is -0.144. The average Bonchev–Trinajstić information content (AvgIpc) is 2.39. The van der Waals surface area contributed by atoms with Crippen LogP contribution in [-0.2, 0) is 11.2 Å². The standard InChI is InChI=1S/C13H20N6O2/c1-7(2)11(13(20)21)9(12(15)18-19-16)5-8-3-4-10(14)17-6-8/h3-4,6-7,9,11H,5H2,1-2H3,(H2,14,17)(H,20,21)(H3,15,16,18)/t9-,11-/m0/s1. The zero-order chi connectivity index (χ0) is 16.0. The monoisotopic (exact) mass is 292 g/mol. The summed E-state index contributed by atoms with van der Waals surface area (Å²) in [6.07, 6.45) is 1.87. The fourth-order valence-corrected chi connectivity index (χ4v) is 2.26. The Balaban J connectivity index is 3.09. The van der Waals surface area contributed by atoms with Crippen LogP contribution in [0.2, 0.25) is 0 Å². The molecule has 8 heteroatoms. The van der Waals surface area contributed by atoms with Crippen molar-refractivity contribution in [1.29, 1.82) is 5.41 Å². The smallest absolute Gasteiger partial charge is 0.307 e. The van der Waals surface area contributed by atoms with Crippen molar-refractivity contribution in [2.24, 2.45) is 33.9 Å². The van der Waals surface area contributed by atoms with Crippen LogP contribution in [0.25, 0.3) is 0 Å². The molecule has 0 radical (unpaired) electrons. The molecule has 1 rings (SSSR count). The van der Waals surface area contributed by atoms with E-state index in [1.165, 1.54) is 0 Å². The number of anilines is 1. The van der Waals surface area contributed by atoms with Gasteiger partial charge >= 0.3 is 5.97 Å². The van der Waals surface area contributed by atoms with Crippen LogP contribution < -0.4 is 11.6 Å². The van der Waals surface area contributed by atoms with Crippen LogP contribution in [0.5, 0.6) is 0 Å². The van der Waals surface area contributed by atoms with E-state index in [2.05, 4.69) is 15.3 Å². The first-order chi connectivity index (χ1) is 9.86. The third kappa shape index (κ3) is 4.51. The molecule has 0 saturated heterocycles. The quantitative estimate of drug-likeness (QED) is 0.206. The Hall–Kier alpha value is -2.51. The number of nitrogens with two attached hydrogens (primary N) is 2. The lowest BCUT2D eigenvalue weighted by atomic mass is 9.79. The first-order valence-corrected chi connectivity index (χ1v) is 6.49. The highest BCUT2D eigenvalue weighted by Gasteiger charge is 2.34. The molecule has 1 heterocycles. The molecular weight excluding hydrogens is 272 g/mol. The van der Waals surface area contributed by atoms with Gasteiger partial charge in [-0.2, -0.15) is 0 Å². The van der Waals surface area contributed by atoms with Crippen molar-refractivity contribution >= 4 is 17.6 Å². The van der Waals surface area contributed by atoms with Gasteiger partial charge in [0.2, 0.25) is 0 Å². The molecule has 0 unspecified atom stereocenters. The number of hydrogen-bond acceptors (Lipinski definition) is 5. The van der Waals surface area contributed by atoms with Crippen molar-refractivity contribution in [3.8, 4) is 0 Å². The Morgan fingerprint density at radius 3 is 2.57 bits per heavy atom. The number of nitrogens with zero attached hydrogens (tertiary/aromatic N) is 3. The van der Waals surface area contributed by atoms with E-state index >= 15 is 0 Å². The number of carbonyl (C=O) groups is 1. The molecule has 0 spiro atoms. The third-order valence-electron chi connectivity index (χ3n) is 3.26. The van der Waals surface area contributed by atoms with Crippen molar-refractivity contribution in [2.45, 2.75) is 20.3 Å². The van der Waals surface area contributed by atoms with Gasteiger partial charge in [0.1, 0.15) is 11.7 Å². The first-order valence-electron chi connectivity index (χ1n) is 6.49. The van der Waals surface area contributed by atoms with E-state index in [4.69, 9.17) is 17.0 Å². The third-order valence-corrected chi connectivity index (χ3v) is 3.26. The van der Waals surface area contributed by atoms with Crippen LogP contribution in [0.4, 0.5) is 5.82 Å². The topological polar surface area (TPSA) is 151 Å². The number of hydrogen-bond donors (Lipinski definition) is 4. The van der Waals surface area contributed by atoms with Crippen molar-refractivity contribution in [2.75, 3.05) is 5.73 Å². The SMILES string of the molecule is CC(C)[C@H](C(=O)O)[C@H](Cc1ccc(N)nc1)C(=N)N=NN.